The molecule has 5 rings (SSSR count). The molecule has 8 nitrogen and oxygen atoms in total. The van der Waals surface area contributed by atoms with Gasteiger partial charge in [0.25, 0.3) is 5.56 Å². The highest BCUT2D eigenvalue weighted by Crippen LogP contribution is 2.30. The van der Waals surface area contributed by atoms with Gasteiger partial charge in [-0.05, 0) is 86.3 Å². The van der Waals surface area contributed by atoms with Crippen LogP contribution in [0, 0.1) is 13.8 Å². The quantitative estimate of drug-likeness (QED) is 0.660. The number of pyridine rings is 1. The van der Waals surface area contributed by atoms with Crippen LogP contribution in [0.3, 0.4) is 0 Å². The summed E-state index contributed by atoms with van der Waals surface area (Å²) >= 11 is 0. The van der Waals surface area contributed by atoms with E-state index in [-0.39, 0.29) is 17.7 Å². The third-order valence-electron chi connectivity index (χ3n) is 6.85. The van der Waals surface area contributed by atoms with E-state index in [1.807, 2.05) is 10.7 Å². The fraction of sp³-hybridized carbons (Fsp3) is 0.583. The zero-order chi connectivity index (χ0) is 22.1. The number of rotatable bonds is 5. The number of ether oxygens (including phenoxy) is 1. The molecular formula is C24H32N6O2. The highest BCUT2D eigenvalue weighted by molar-refractivity contribution is 5.83. The Kier molecular flexibility index (Phi) is 6.06. The van der Waals surface area contributed by atoms with Gasteiger partial charge in [-0.25, -0.2) is 4.68 Å². The molecule has 2 aromatic heterocycles. The van der Waals surface area contributed by atoms with Gasteiger partial charge in [0.1, 0.15) is 6.04 Å². The second kappa shape index (κ2) is 9.11. The Balaban J connectivity index is 1.62. The van der Waals surface area contributed by atoms with Crippen LogP contribution in [0.15, 0.2) is 23.0 Å². The molecule has 1 aromatic carbocycles. The lowest BCUT2D eigenvalue weighted by atomic mass is 9.99. The van der Waals surface area contributed by atoms with Crippen molar-refractivity contribution in [3.8, 4) is 0 Å². The van der Waals surface area contributed by atoms with Crippen molar-refractivity contribution in [2.45, 2.75) is 71.1 Å². The van der Waals surface area contributed by atoms with Crippen molar-refractivity contribution in [3.05, 3.63) is 51.1 Å². The Morgan fingerprint density at radius 3 is 2.69 bits per heavy atom. The second-order valence-corrected chi connectivity index (χ2v) is 9.30. The molecule has 8 heteroatoms. The number of likely N-dealkylation sites (tertiary alicyclic amines) is 1. The zero-order valence-electron chi connectivity index (χ0n) is 19.0. The van der Waals surface area contributed by atoms with E-state index in [9.17, 15) is 4.79 Å². The molecule has 2 unspecified atom stereocenters. The number of aromatic nitrogens is 5. The summed E-state index contributed by atoms with van der Waals surface area (Å²) in [6, 6.07) is 5.98. The summed E-state index contributed by atoms with van der Waals surface area (Å²) in [6.07, 6.45) is 6.89. The van der Waals surface area contributed by atoms with Crippen molar-refractivity contribution in [1.82, 2.24) is 30.1 Å². The third kappa shape index (κ3) is 4.21. The van der Waals surface area contributed by atoms with Crippen molar-refractivity contribution in [3.63, 3.8) is 0 Å². The van der Waals surface area contributed by atoms with E-state index in [0.717, 1.165) is 78.8 Å². The number of hydrogen-bond donors (Lipinski definition) is 1. The first-order chi connectivity index (χ1) is 15.6. The van der Waals surface area contributed by atoms with Crippen molar-refractivity contribution >= 4 is 10.9 Å². The Hall–Kier alpha value is -2.58. The maximum absolute atomic E-state index is 13.4. The average molecular weight is 437 g/mol. The van der Waals surface area contributed by atoms with Gasteiger partial charge in [-0.3, -0.25) is 9.69 Å². The van der Waals surface area contributed by atoms with Crippen molar-refractivity contribution < 1.29 is 4.74 Å². The number of nitrogens with one attached hydrogen (secondary N) is 1. The first-order valence-electron chi connectivity index (χ1n) is 11.9. The molecule has 0 saturated carbocycles. The molecule has 0 radical (unpaired) electrons. The van der Waals surface area contributed by atoms with Crippen LogP contribution in [0.5, 0.6) is 0 Å². The van der Waals surface area contributed by atoms with Crippen LogP contribution in [0.2, 0.25) is 0 Å². The molecule has 4 heterocycles. The standard InChI is InChI=1S/C24H32N6O2/c1-16-12-17(2)19-14-20(24(31)25-21(19)13-16)22(29-9-5-3-4-6-10-29)23-26-27-28-30(23)15-18-8-7-11-32-18/h12-14,18,22H,3-11,15H2,1-2H3,(H,25,31). The van der Waals surface area contributed by atoms with Crippen LogP contribution < -0.4 is 5.56 Å². The molecule has 2 aliphatic heterocycles. The van der Waals surface area contributed by atoms with Crippen LogP contribution in [0.4, 0.5) is 0 Å². The Labute approximate surface area is 188 Å². The number of aromatic amines is 1. The smallest absolute Gasteiger partial charge is 0.253 e. The minimum absolute atomic E-state index is 0.0663. The maximum Gasteiger partial charge on any atom is 0.253 e. The van der Waals surface area contributed by atoms with E-state index < -0.39 is 0 Å². The molecule has 32 heavy (non-hydrogen) atoms. The van der Waals surface area contributed by atoms with Crippen LogP contribution >= 0.6 is 0 Å². The maximum atomic E-state index is 13.4. The largest absolute Gasteiger partial charge is 0.376 e. The van der Waals surface area contributed by atoms with Crippen LogP contribution in [0.25, 0.3) is 10.9 Å². The Morgan fingerprint density at radius 1 is 1.12 bits per heavy atom. The first-order valence-corrected chi connectivity index (χ1v) is 11.9. The monoisotopic (exact) mass is 436 g/mol. The molecule has 2 aliphatic rings. The number of fused-ring (bicyclic) bond motifs is 1. The Bertz CT molecular complexity index is 1140. The van der Waals surface area contributed by atoms with Gasteiger partial charge in [-0.1, -0.05) is 18.9 Å². The van der Waals surface area contributed by atoms with E-state index in [1.165, 1.54) is 12.8 Å². The average Bonchev–Trinajstić information content (AvgIpc) is 3.36. The van der Waals surface area contributed by atoms with Gasteiger partial charge in [0.2, 0.25) is 0 Å². The first kappa shape index (κ1) is 21.3. The number of tetrazole rings is 1. The fourth-order valence-corrected chi connectivity index (χ4v) is 5.26. The molecule has 2 fully saturated rings. The van der Waals surface area contributed by atoms with E-state index in [2.05, 4.69) is 51.4 Å². The summed E-state index contributed by atoms with van der Waals surface area (Å²) < 4.78 is 7.70. The molecule has 0 aliphatic carbocycles. The molecule has 2 saturated heterocycles. The highest BCUT2D eigenvalue weighted by Gasteiger charge is 2.32. The number of benzene rings is 1. The summed E-state index contributed by atoms with van der Waals surface area (Å²) in [4.78, 5) is 18.9. The van der Waals surface area contributed by atoms with Gasteiger partial charge < -0.3 is 9.72 Å². The predicted molar refractivity (Wildman–Crippen MR) is 123 cm³/mol. The van der Waals surface area contributed by atoms with Crippen LogP contribution in [-0.2, 0) is 11.3 Å². The fourth-order valence-electron chi connectivity index (χ4n) is 5.26. The molecular weight excluding hydrogens is 404 g/mol. The molecule has 170 valence electrons. The summed E-state index contributed by atoms with van der Waals surface area (Å²) in [5.74, 6) is 0.733. The molecule has 0 bridgehead atoms. The molecule has 1 N–H and O–H groups in total. The van der Waals surface area contributed by atoms with E-state index >= 15 is 0 Å². The summed E-state index contributed by atoms with van der Waals surface area (Å²) in [7, 11) is 0. The lowest BCUT2D eigenvalue weighted by molar-refractivity contribution is 0.0909. The SMILES string of the molecule is Cc1cc(C)c2cc(C(c3nnnn3CC3CCCO3)N3CCCCCC3)c(=O)[nH]c2c1. The summed E-state index contributed by atoms with van der Waals surface area (Å²) in [6.45, 7) is 7.43. The van der Waals surface area contributed by atoms with Gasteiger partial charge in [0.05, 0.1) is 12.6 Å². The van der Waals surface area contributed by atoms with Crippen LogP contribution in [0.1, 0.15) is 67.1 Å². The summed E-state index contributed by atoms with van der Waals surface area (Å²) in [5.41, 5.74) is 3.83. The molecule has 0 spiro atoms. The number of H-pyrrole nitrogens is 1. The molecule has 2 atom stereocenters. The van der Waals surface area contributed by atoms with Gasteiger partial charge >= 0.3 is 0 Å². The predicted octanol–water partition coefficient (Wildman–Crippen LogP) is 3.28. The number of aryl methyl sites for hydroxylation is 2. The normalized spacial score (nSPS) is 21.1. The highest BCUT2D eigenvalue weighted by atomic mass is 16.5. The lowest BCUT2D eigenvalue weighted by Crippen LogP contribution is -2.36. The Morgan fingerprint density at radius 2 is 1.94 bits per heavy atom. The van der Waals surface area contributed by atoms with Gasteiger partial charge in [-0.2, -0.15) is 0 Å². The third-order valence-corrected chi connectivity index (χ3v) is 6.85. The van der Waals surface area contributed by atoms with Crippen LogP contribution in [-0.4, -0.2) is 55.9 Å². The van der Waals surface area contributed by atoms with E-state index in [4.69, 9.17) is 4.74 Å². The number of hydrogen-bond acceptors (Lipinski definition) is 6. The number of nitrogens with zero attached hydrogens (tertiary/aromatic N) is 5. The topological polar surface area (TPSA) is 88.9 Å². The van der Waals surface area contributed by atoms with Gasteiger partial charge in [0.15, 0.2) is 5.82 Å². The lowest BCUT2D eigenvalue weighted by Gasteiger charge is -2.30. The summed E-state index contributed by atoms with van der Waals surface area (Å²) in [5, 5.41) is 13.8. The molecule has 0 amide bonds. The second-order valence-electron chi connectivity index (χ2n) is 9.30. The van der Waals surface area contributed by atoms with Gasteiger partial charge in [-0.15, -0.1) is 5.10 Å². The molecule has 3 aromatic rings. The van der Waals surface area contributed by atoms with E-state index in [0.29, 0.717) is 6.54 Å². The minimum atomic E-state index is -0.279. The zero-order valence-corrected chi connectivity index (χ0v) is 19.0. The minimum Gasteiger partial charge on any atom is -0.376 e. The van der Waals surface area contributed by atoms with Gasteiger partial charge in [0, 0.05) is 23.1 Å². The van der Waals surface area contributed by atoms with E-state index in [1.54, 1.807) is 0 Å². The van der Waals surface area contributed by atoms with Crippen molar-refractivity contribution in [1.29, 1.82) is 0 Å². The van der Waals surface area contributed by atoms with Crippen molar-refractivity contribution in [2.24, 2.45) is 0 Å². The van der Waals surface area contributed by atoms with Crippen molar-refractivity contribution in [2.75, 3.05) is 19.7 Å².